The van der Waals surface area contributed by atoms with E-state index in [1.54, 1.807) is 11.6 Å². The fourth-order valence-electron chi connectivity index (χ4n) is 5.04. The summed E-state index contributed by atoms with van der Waals surface area (Å²) in [5.74, 6) is -0.579. The predicted molar refractivity (Wildman–Crippen MR) is 165 cm³/mol. The van der Waals surface area contributed by atoms with Crippen LogP contribution in [0.2, 0.25) is 0 Å². The van der Waals surface area contributed by atoms with Crippen molar-refractivity contribution in [1.82, 2.24) is 15.8 Å². The van der Waals surface area contributed by atoms with E-state index in [4.69, 9.17) is 15.9 Å². The maximum Gasteiger partial charge on any atom is 0.267 e. The lowest BCUT2D eigenvalue weighted by molar-refractivity contribution is -0.124. The van der Waals surface area contributed by atoms with Crippen molar-refractivity contribution in [3.05, 3.63) is 94.1 Å². The Balaban J connectivity index is 1.48. The lowest BCUT2D eigenvalue weighted by Gasteiger charge is -2.34. The van der Waals surface area contributed by atoms with Gasteiger partial charge in [0.25, 0.3) is 5.91 Å². The third-order valence-corrected chi connectivity index (χ3v) is 8.58. The number of nitrogens with two attached hydrogens (primary N) is 1. The van der Waals surface area contributed by atoms with E-state index >= 15 is 0 Å². The molecule has 1 aliphatic rings. The molecule has 2 aromatic carbocycles. The van der Waals surface area contributed by atoms with Gasteiger partial charge in [-0.2, -0.15) is 10.5 Å². The molecule has 3 aromatic rings. The van der Waals surface area contributed by atoms with Crippen LogP contribution in [-0.2, 0) is 22.6 Å². The van der Waals surface area contributed by atoms with Gasteiger partial charge >= 0.3 is 0 Å². The van der Waals surface area contributed by atoms with Gasteiger partial charge in [0.2, 0.25) is 5.91 Å². The zero-order valence-electron chi connectivity index (χ0n) is 23.8. The number of anilines is 1. The van der Waals surface area contributed by atoms with Crippen molar-refractivity contribution in [3.8, 4) is 12.1 Å². The van der Waals surface area contributed by atoms with Gasteiger partial charge in [-0.1, -0.05) is 73.3 Å². The molecule has 5 N–H and O–H groups in total. The van der Waals surface area contributed by atoms with Crippen molar-refractivity contribution in [3.63, 3.8) is 0 Å². The normalized spacial score (nSPS) is 14.2. The van der Waals surface area contributed by atoms with Crippen LogP contribution in [0.15, 0.2) is 65.7 Å². The Morgan fingerprint density at radius 2 is 1.79 bits per heavy atom. The number of aromatic nitrogens is 1. The molecule has 11 heteroatoms. The fraction of sp³-hybridized carbons (Fsp3) is 0.281. The van der Waals surface area contributed by atoms with Gasteiger partial charge in [0, 0.05) is 31.8 Å². The molecule has 1 saturated heterocycles. The summed E-state index contributed by atoms with van der Waals surface area (Å²) in [5.41, 5.74) is 11.3. The van der Waals surface area contributed by atoms with Crippen LogP contribution in [0, 0.1) is 22.7 Å². The highest BCUT2D eigenvalue weighted by molar-refractivity contribution is 8.00. The molecular weight excluding hydrogens is 562 g/mol. The second kappa shape index (κ2) is 15.0. The first-order valence-electron chi connectivity index (χ1n) is 14.0. The molecule has 10 nitrogen and oxygen atoms in total. The molecule has 1 unspecified atom stereocenters. The number of pyridine rings is 1. The summed E-state index contributed by atoms with van der Waals surface area (Å²) in [6, 6.07) is 21.7. The third-order valence-electron chi connectivity index (χ3n) is 7.32. The number of carbonyl (C=O) groups is 2. The van der Waals surface area contributed by atoms with Gasteiger partial charge in [-0.05, 0) is 47.6 Å². The van der Waals surface area contributed by atoms with Crippen molar-refractivity contribution < 1.29 is 14.8 Å². The zero-order chi connectivity index (χ0) is 30.8. The van der Waals surface area contributed by atoms with Crippen molar-refractivity contribution in [2.45, 2.75) is 49.0 Å². The summed E-state index contributed by atoms with van der Waals surface area (Å²) >= 11 is 1.15. The molecule has 1 aromatic heterocycles. The number of nitriles is 2. The van der Waals surface area contributed by atoms with E-state index in [0.29, 0.717) is 53.6 Å². The summed E-state index contributed by atoms with van der Waals surface area (Å²) < 4.78 is 0. The Hall–Kier alpha value is -4.68. The second-order valence-corrected chi connectivity index (χ2v) is 11.1. The number of carbonyl (C=O) groups excluding carboxylic acids is 2. The highest BCUT2D eigenvalue weighted by atomic mass is 32.2. The maximum absolute atomic E-state index is 12.4. The van der Waals surface area contributed by atoms with Gasteiger partial charge in [-0.25, -0.2) is 10.5 Å². The van der Waals surface area contributed by atoms with E-state index in [-0.39, 0.29) is 6.04 Å². The van der Waals surface area contributed by atoms with Crippen LogP contribution in [0.5, 0.6) is 0 Å². The first-order valence-corrected chi connectivity index (χ1v) is 14.8. The summed E-state index contributed by atoms with van der Waals surface area (Å²) in [6.45, 7) is 3.93. The van der Waals surface area contributed by atoms with E-state index in [9.17, 15) is 20.1 Å². The van der Waals surface area contributed by atoms with Crippen molar-refractivity contribution in [2.24, 2.45) is 5.73 Å². The molecule has 2 amide bonds. The van der Waals surface area contributed by atoms with E-state index < -0.39 is 17.1 Å². The molecule has 0 aliphatic carbocycles. The zero-order valence-corrected chi connectivity index (χ0v) is 24.6. The number of piperidine rings is 1. The highest BCUT2D eigenvalue weighted by Gasteiger charge is 2.29. The topological polar surface area (TPSA) is 168 Å². The van der Waals surface area contributed by atoms with E-state index in [0.717, 1.165) is 41.3 Å². The molecule has 1 atom stereocenters. The lowest BCUT2D eigenvalue weighted by atomic mass is 9.99. The number of primary amides is 1. The number of nitrogens with one attached hydrogen (secondary N) is 2. The lowest BCUT2D eigenvalue weighted by Crippen LogP contribution is -2.43. The van der Waals surface area contributed by atoms with E-state index in [2.05, 4.69) is 22.4 Å². The predicted octanol–water partition coefficient (Wildman–Crippen LogP) is 3.98. The Bertz CT molecular complexity index is 1560. The molecule has 0 radical (unpaired) electrons. The summed E-state index contributed by atoms with van der Waals surface area (Å²) in [7, 11) is 0. The average Bonchev–Trinajstić information content (AvgIpc) is 3.05. The maximum atomic E-state index is 12.4. The summed E-state index contributed by atoms with van der Waals surface area (Å²) in [4.78, 5) is 30.5. The van der Waals surface area contributed by atoms with Crippen molar-refractivity contribution in [2.75, 3.05) is 18.0 Å². The SMILES string of the molecule is CCc1c(C#N)c(SC(C(N)=O)c2ccccc2)nc(N2CCC(NCc3ccc(/C=C/C(=O)NO)cc3)CC2)c1C#N. The number of rotatable bonds is 11. The van der Waals surface area contributed by atoms with E-state index in [1.807, 2.05) is 61.5 Å². The minimum Gasteiger partial charge on any atom is -0.368 e. The standard InChI is InChI=1S/C32H33N7O3S/c1-2-25-26(18-33)31(37-32(27(25)19-34)43-29(30(35)41)23-6-4-3-5-7-23)39-16-14-24(15-17-39)36-20-22-10-8-21(9-11-22)12-13-28(40)38-42/h3-13,24,29,36,42H,2,14-17,20H2,1H3,(H2,35,41)(H,38,40)/b13-12+. The van der Waals surface area contributed by atoms with Crippen molar-refractivity contribution >= 4 is 35.5 Å². The number of hydroxylamine groups is 1. The Morgan fingerprint density at radius 1 is 1.12 bits per heavy atom. The second-order valence-electron chi connectivity index (χ2n) is 10.1. The van der Waals surface area contributed by atoms with Gasteiger partial charge in [0.15, 0.2) is 0 Å². The first kappa shape index (κ1) is 31.3. The van der Waals surface area contributed by atoms with Crippen molar-refractivity contribution in [1.29, 1.82) is 10.5 Å². The van der Waals surface area contributed by atoms with Crippen LogP contribution in [0.25, 0.3) is 6.08 Å². The number of hydrogen-bond acceptors (Lipinski definition) is 9. The molecule has 2 heterocycles. The highest BCUT2D eigenvalue weighted by Crippen LogP contribution is 2.40. The quantitative estimate of drug-likeness (QED) is 0.111. The molecule has 220 valence electrons. The van der Waals surface area contributed by atoms with Gasteiger partial charge < -0.3 is 16.0 Å². The van der Waals surface area contributed by atoms with Gasteiger partial charge in [-0.3, -0.25) is 14.8 Å². The number of thioether (sulfide) groups is 1. The molecule has 0 saturated carbocycles. The average molecular weight is 596 g/mol. The van der Waals surface area contributed by atoms with E-state index in [1.165, 1.54) is 6.08 Å². The van der Waals surface area contributed by atoms with Gasteiger partial charge in [0.1, 0.15) is 28.2 Å². The molecule has 43 heavy (non-hydrogen) atoms. The number of hydrogen-bond donors (Lipinski definition) is 4. The summed E-state index contributed by atoms with van der Waals surface area (Å²) in [5, 5.41) is 32.0. The molecule has 1 aliphatic heterocycles. The third kappa shape index (κ3) is 7.79. The van der Waals surface area contributed by atoms with Gasteiger partial charge in [-0.15, -0.1) is 0 Å². The Labute approximate surface area is 255 Å². The smallest absolute Gasteiger partial charge is 0.267 e. The minimum absolute atomic E-state index is 0.268. The molecule has 0 bridgehead atoms. The molecular formula is C32H33N7O3S. The van der Waals surface area contributed by atoms with Gasteiger partial charge in [0.05, 0.1) is 11.1 Å². The van der Waals surface area contributed by atoms with Crippen LogP contribution >= 0.6 is 11.8 Å². The summed E-state index contributed by atoms with van der Waals surface area (Å²) in [6.07, 6.45) is 5.02. The molecule has 0 spiro atoms. The fourth-order valence-corrected chi connectivity index (χ4v) is 6.10. The van der Waals surface area contributed by atoms with Crippen LogP contribution in [-0.4, -0.2) is 41.1 Å². The van der Waals surface area contributed by atoms with Crippen LogP contribution in [0.4, 0.5) is 5.82 Å². The number of amides is 2. The van der Waals surface area contributed by atoms with Crippen LogP contribution < -0.4 is 21.4 Å². The van der Waals surface area contributed by atoms with Crippen LogP contribution in [0.1, 0.15) is 58.4 Å². The number of nitrogens with zero attached hydrogens (tertiary/aromatic N) is 4. The number of benzene rings is 2. The molecule has 1 fully saturated rings. The Kier molecular flexibility index (Phi) is 10.9. The first-order chi connectivity index (χ1) is 20.9. The van der Waals surface area contributed by atoms with Crippen LogP contribution in [0.3, 0.4) is 0 Å². The minimum atomic E-state index is -0.730. The largest absolute Gasteiger partial charge is 0.368 e. The molecule has 4 rings (SSSR count). The Morgan fingerprint density at radius 3 is 2.37 bits per heavy atom. The monoisotopic (exact) mass is 595 g/mol.